The lowest BCUT2D eigenvalue weighted by Gasteiger charge is -2.27. The van der Waals surface area contributed by atoms with Crippen LogP contribution in [-0.4, -0.2) is 4.57 Å². The summed E-state index contributed by atoms with van der Waals surface area (Å²) in [5, 5.41) is 9.68. The molecule has 0 aliphatic heterocycles. The molecule has 0 unspecified atom stereocenters. The number of nitrogens with zero attached hydrogens (tertiary/aromatic N) is 2. The van der Waals surface area contributed by atoms with Crippen molar-refractivity contribution in [3.8, 4) is 39.1 Å². The monoisotopic (exact) mass is 828 g/mol. The zero-order valence-electron chi connectivity index (χ0n) is 35.4. The summed E-state index contributed by atoms with van der Waals surface area (Å²) in [6, 6.07) is 87.6. The summed E-state index contributed by atoms with van der Waals surface area (Å²) >= 11 is 0. The third-order valence-electron chi connectivity index (χ3n) is 13.2. The van der Waals surface area contributed by atoms with Gasteiger partial charge in [-0.25, -0.2) is 0 Å². The Balaban J connectivity index is 0.964. The highest BCUT2D eigenvalue weighted by Crippen LogP contribution is 2.45. The molecule has 0 saturated heterocycles. The van der Waals surface area contributed by atoms with E-state index in [0.717, 1.165) is 72.5 Å². The zero-order valence-corrected chi connectivity index (χ0v) is 35.4. The normalized spacial score (nSPS) is 11.7. The van der Waals surface area contributed by atoms with Gasteiger partial charge in [-0.2, -0.15) is 0 Å². The molecule has 0 bridgehead atoms. The molecule has 0 atom stereocenters. The number of anilines is 3. The second-order valence-electron chi connectivity index (χ2n) is 16.8. The van der Waals surface area contributed by atoms with E-state index in [1.807, 2.05) is 6.07 Å². The Kier molecular flexibility index (Phi) is 8.53. The Morgan fingerprint density at radius 2 is 0.923 bits per heavy atom. The Morgan fingerprint density at radius 3 is 1.71 bits per heavy atom. The first kappa shape index (κ1) is 36.9. The number of furan rings is 1. The largest absolute Gasteiger partial charge is 0.455 e. The van der Waals surface area contributed by atoms with Crippen LogP contribution in [0.1, 0.15) is 0 Å². The van der Waals surface area contributed by atoms with Crippen molar-refractivity contribution in [3.05, 3.63) is 243 Å². The molecule has 0 amide bonds. The summed E-state index contributed by atoms with van der Waals surface area (Å²) in [4.78, 5) is 2.42. The highest BCUT2D eigenvalue weighted by Gasteiger charge is 2.22. The Bertz CT molecular complexity index is 3920. The molecule has 3 heteroatoms. The van der Waals surface area contributed by atoms with Crippen molar-refractivity contribution >= 4 is 82.4 Å². The molecule has 0 aliphatic rings. The molecule has 3 nitrogen and oxygen atoms in total. The van der Waals surface area contributed by atoms with Gasteiger partial charge in [0.1, 0.15) is 11.2 Å². The van der Waals surface area contributed by atoms with Crippen molar-refractivity contribution in [1.29, 1.82) is 0 Å². The van der Waals surface area contributed by atoms with Crippen molar-refractivity contribution in [2.75, 3.05) is 4.90 Å². The molecule has 0 fully saturated rings. The Hall–Kier alpha value is -8.66. The highest BCUT2D eigenvalue weighted by atomic mass is 16.3. The van der Waals surface area contributed by atoms with Crippen LogP contribution in [0.25, 0.3) is 104 Å². The van der Waals surface area contributed by atoms with Gasteiger partial charge in [0.15, 0.2) is 0 Å². The van der Waals surface area contributed by atoms with Crippen molar-refractivity contribution in [2.45, 2.75) is 0 Å². The van der Waals surface area contributed by atoms with Crippen molar-refractivity contribution in [2.24, 2.45) is 0 Å². The van der Waals surface area contributed by atoms with Gasteiger partial charge in [0.2, 0.25) is 0 Å². The second kappa shape index (κ2) is 15.0. The zero-order chi connectivity index (χ0) is 42.8. The van der Waals surface area contributed by atoms with Crippen LogP contribution in [0.15, 0.2) is 247 Å². The average Bonchev–Trinajstić information content (AvgIpc) is 3.93. The van der Waals surface area contributed by atoms with E-state index in [0.29, 0.717) is 0 Å². The minimum atomic E-state index is 0.887. The van der Waals surface area contributed by atoms with Crippen LogP contribution in [-0.2, 0) is 0 Å². The Labute approximate surface area is 376 Å². The van der Waals surface area contributed by atoms with Crippen molar-refractivity contribution < 1.29 is 4.42 Å². The smallest absolute Gasteiger partial charge is 0.143 e. The molecule has 65 heavy (non-hydrogen) atoms. The minimum absolute atomic E-state index is 0.887. The maximum atomic E-state index is 6.54. The van der Waals surface area contributed by atoms with E-state index in [4.69, 9.17) is 4.42 Å². The first-order valence-electron chi connectivity index (χ1n) is 22.2. The summed E-state index contributed by atoms with van der Waals surface area (Å²) in [7, 11) is 0. The predicted octanol–water partition coefficient (Wildman–Crippen LogP) is 17.5. The fourth-order valence-corrected chi connectivity index (χ4v) is 10.2. The molecule has 13 rings (SSSR count). The topological polar surface area (TPSA) is 21.3 Å². The van der Waals surface area contributed by atoms with Gasteiger partial charge in [0.25, 0.3) is 0 Å². The molecular formula is C62H40N2O. The molecule has 0 radical (unpaired) electrons. The van der Waals surface area contributed by atoms with Gasteiger partial charge in [0.05, 0.1) is 16.7 Å². The SMILES string of the molecule is c1ccc(-c2cccc3c2oc2ccc(-c4ccc(N(c5ccc(-c6cc7ccccc7c7ccccc67)cc5)c5cccc6c5c5ccccc5n6-c5ccccc5)cc4)cc23)cc1. The van der Waals surface area contributed by atoms with Gasteiger partial charge in [0, 0.05) is 44.2 Å². The van der Waals surface area contributed by atoms with Crippen molar-refractivity contribution in [1.82, 2.24) is 4.57 Å². The van der Waals surface area contributed by atoms with Crippen molar-refractivity contribution in [3.63, 3.8) is 0 Å². The van der Waals surface area contributed by atoms with Crippen LogP contribution in [0.5, 0.6) is 0 Å². The molecule has 2 heterocycles. The maximum absolute atomic E-state index is 6.54. The molecule has 0 aliphatic carbocycles. The summed E-state index contributed by atoms with van der Waals surface area (Å²) < 4.78 is 8.93. The lowest BCUT2D eigenvalue weighted by atomic mass is 9.93. The number of fused-ring (bicyclic) bond motifs is 9. The number of hydrogen-bond acceptors (Lipinski definition) is 2. The van der Waals surface area contributed by atoms with Crippen LogP contribution < -0.4 is 4.90 Å². The van der Waals surface area contributed by atoms with Crippen LogP contribution in [0.2, 0.25) is 0 Å². The molecule has 11 aromatic carbocycles. The predicted molar refractivity (Wildman–Crippen MR) is 274 cm³/mol. The molecule has 0 N–H and O–H groups in total. The first-order chi connectivity index (χ1) is 32.2. The van der Waals surface area contributed by atoms with Gasteiger partial charge in [-0.05, 0) is 122 Å². The van der Waals surface area contributed by atoms with Crippen LogP contribution in [0.3, 0.4) is 0 Å². The Morgan fingerprint density at radius 1 is 0.338 bits per heavy atom. The lowest BCUT2D eigenvalue weighted by Crippen LogP contribution is -2.10. The second-order valence-corrected chi connectivity index (χ2v) is 16.8. The van der Waals surface area contributed by atoms with Crippen LogP contribution >= 0.6 is 0 Å². The van der Waals surface area contributed by atoms with E-state index in [1.54, 1.807) is 0 Å². The summed E-state index contributed by atoms with van der Waals surface area (Å²) in [5.41, 5.74) is 15.5. The molecule has 304 valence electrons. The van der Waals surface area contributed by atoms with E-state index >= 15 is 0 Å². The molecule has 2 aromatic heterocycles. The standard InChI is InChI=1S/C62H40N2O/c1-3-15-42(16-4-1)50-24-13-25-53-56-39-44(33-38-60(56)65-62(50)53)41-29-34-47(35-30-41)63(58-27-14-28-59-61(58)54-23-11-12-26-57(54)64(59)46-18-5-2-6-19-46)48-36-31-43(32-37-48)55-40-45-17-7-8-20-49(45)51-21-9-10-22-52(51)55/h1-40H. The van der Waals surface area contributed by atoms with E-state index < -0.39 is 0 Å². The van der Waals surface area contributed by atoms with Gasteiger partial charge in [-0.1, -0.05) is 170 Å². The van der Waals surface area contributed by atoms with Crippen LogP contribution in [0.4, 0.5) is 17.1 Å². The maximum Gasteiger partial charge on any atom is 0.143 e. The number of rotatable bonds is 7. The molecule has 13 aromatic rings. The summed E-state index contributed by atoms with van der Waals surface area (Å²) in [6.45, 7) is 0. The van der Waals surface area contributed by atoms with E-state index in [9.17, 15) is 0 Å². The number of aromatic nitrogens is 1. The van der Waals surface area contributed by atoms with Gasteiger partial charge >= 0.3 is 0 Å². The van der Waals surface area contributed by atoms with Gasteiger partial charge < -0.3 is 13.9 Å². The highest BCUT2D eigenvalue weighted by molar-refractivity contribution is 6.17. The first-order valence-corrected chi connectivity index (χ1v) is 22.2. The average molecular weight is 829 g/mol. The molecular weight excluding hydrogens is 789 g/mol. The number of para-hydroxylation sites is 3. The van der Waals surface area contributed by atoms with E-state index in [-0.39, 0.29) is 0 Å². The molecule has 0 spiro atoms. The number of hydrogen-bond donors (Lipinski definition) is 0. The van der Waals surface area contributed by atoms with E-state index in [1.165, 1.54) is 49.0 Å². The third-order valence-corrected chi connectivity index (χ3v) is 13.2. The summed E-state index contributed by atoms with van der Waals surface area (Å²) in [5.74, 6) is 0. The minimum Gasteiger partial charge on any atom is -0.455 e. The fraction of sp³-hybridized carbons (Fsp3) is 0. The lowest BCUT2D eigenvalue weighted by molar-refractivity contribution is 0.670. The van der Waals surface area contributed by atoms with E-state index in [2.05, 4.69) is 246 Å². The third kappa shape index (κ3) is 6.05. The number of benzene rings is 11. The van der Waals surface area contributed by atoms with Gasteiger partial charge in [-0.15, -0.1) is 0 Å². The fourth-order valence-electron chi connectivity index (χ4n) is 10.2. The van der Waals surface area contributed by atoms with Crippen LogP contribution in [0, 0.1) is 0 Å². The molecule has 0 saturated carbocycles. The van der Waals surface area contributed by atoms with Gasteiger partial charge in [-0.3, -0.25) is 0 Å². The quantitative estimate of drug-likeness (QED) is 0.149. The summed E-state index contributed by atoms with van der Waals surface area (Å²) in [6.07, 6.45) is 0.